The Morgan fingerprint density at radius 3 is 2.37 bits per heavy atom. The largest absolute Gasteiger partial charge is 0.492 e. The van der Waals surface area contributed by atoms with Gasteiger partial charge in [-0.1, -0.05) is 69.6 Å². The van der Waals surface area contributed by atoms with Gasteiger partial charge in [-0.05, 0) is 68.1 Å². The van der Waals surface area contributed by atoms with Crippen molar-refractivity contribution in [2.45, 2.75) is 129 Å². The van der Waals surface area contributed by atoms with E-state index < -0.39 is 52.6 Å². The second-order valence-corrected chi connectivity index (χ2v) is 16.4. The third-order valence-corrected chi connectivity index (χ3v) is 10.9. The number of nitrogens with one attached hydrogen (secondary N) is 3. The van der Waals surface area contributed by atoms with Crippen LogP contribution in [0, 0.1) is 24.2 Å². The fourth-order valence-corrected chi connectivity index (χ4v) is 7.99. The Bertz CT molecular complexity index is 1520. The summed E-state index contributed by atoms with van der Waals surface area (Å²) in [6.45, 7) is 9.94. The lowest BCUT2D eigenvalue weighted by Crippen LogP contribution is -2.59. The van der Waals surface area contributed by atoms with E-state index in [2.05, 4.69) is 21.1 Å². The van der Waals surface area contributed by atoms with Crippen molar-refractivity contribution in [2.75, 3.05) is 20.2 Å². The second kappa shape index (κ2) is 15.9. The fraction of sp³-hybridized carbons (Fsp3) is 0.684. The maximum atomic E-state index is 14.7. The zero-order valence-corrected chi connectivity index (χ0v) is 31.6. The molecule has 280 valence electrons. The third-order valence-electron chi connectivity index (χ3n) is 10.6. The zero-order chi connectivity index (χ0) is 37.1. The highest BCUT2D eigenvalue weighted by molar-refractivity contribution is 6.38. The first-order chi connectivity index (χ1) is 24.1. The summed E-state index contributed by atoms with van der Waals surface area (Å²) < 4.78 is 5.71. The minimum absolute atomic E-state index is 0.0302. The summed E-state index contributed by atoms with van der Waals surface area (Å²) in [7, 11) is 1.38. The van der Waals surface area contributed by atoms with E-state index in [0.717, 1.165) is 49.7 Å². The number of likely N-dealkylation sites (tertiary alicyclic amines) is 1. The van der Waals surface area contributed by atoms with Crippen molar-refractivity contribution in [3.63, 3.8) is 0 Å². The van der Waals surface area contributed by atoms with Crippen LogP contribution in [-0.2, 0) is 28.8 Å². The van der Waals surface area contributed by atoms with E-state index in [9.17, 15) is 24.0 Å². The lowest BCUT2D eigenvalue weighted by Gasteiger charge is -2.36. The summed E-state index contributed by atoms with van der Waals surface area (Å²) in [6, 6.07) is 0.690. The quantitative estimate of drug-likeness (QED) is 0.251. The first kappa shape index (κ1) is 38.6. The van der Waals surface area contributed by atoms with E-state index in [1.54, 1.807) is 6.07 Å². The molecule has 3 N–H and O–H groups in total. The van der Waals surface area contributed by atoms with Crippen LogP contribution < -0.4 is 20.7 Å². The number of likely N-dealkylation sites (N-methyl/N-ethyl adjacent to an activating group) is 1. The highest BCUT2D eigenvalue weighted by Gasteiger charge is 2.56. The van der Waals surface area contributed by atoms with Gasteiger partial charge in [0.15, 0.2) is 5.60 Å². The molecule has 3 fully saturated rings. The number of carbonyl (C=O) groups excluding carboxylic acids is 5. The van der Waals surface area contributed by atoms with Gasteiger partial charge in [0.25, 0.3) is 5.91 Å². The Labute approximate surface area is 306 Å². The Kier molecular flexibility index (Phi) is 12.0. The average molecular weight is 728 g/mol. The summed E-state index contributed by atoms with van der Waals surface area (Å²) in [5.41, 5.74) is 0.465. The Hall–Kier alpha value is -3.67. The van der Waals surface area contributed by atoms with E-state index in [1.807, 2.05) is 40.7 Å². The molecule has 2 aliphatic carbocycles. The highest BCUT2D eigenvalue weighted by Crippen LogP contribution is 2.42. The topological polar surface area (TPSA) is 156 Å². The van der Waals surface area contributed by atoms with Crippen molar-refractivity contribution >= 4 is 46.7 Å². The number of aryl methyl sites for hydroxylation is 1. The van der Waals surface area contributed by atoms with Crippen LogP contribution in [0.25, 0.3) is 0 Å². The monoisotopic (exact) mass is 727 g/mol. The van der Waals surface area contributed by atoms with Gasteiger partial charge >= 0.3 is 0 Å². The van der Waals surface area contributed by atoms with Crippen LogP contribution in [0.3, 0.4) is 0 Å². The molecule has 4 aliphatic rings. The average Bonchev–Trinajstić information content (AvgIpc) is 3.69. The molecule has 4 amide bonds. The van der Waals surface area contributed by atoms with Gasteiger partial charge in [-0.3, -0.25) is 24.0 Å². The van der Waals surface area contributed by atoms with Crippen molar-refractivity contribution in [1.82, 2.24) is 20.9 Å². The summed E-state index contributed by atoms with van der Waals surface area (Å²) >= 11 is 6.58. The molecule has 12 nitrogen and oxygen atoms in total. The number of rotatable bonds is 13. The second-order valence-electron chi connectivity index (χ2n) is 16.0. The third kappa shape index (κ3) is 9.23. The van der Waals surface area contributed by atoms with Crippen molar-refractivity contribution in [3.8, 4) is 5.75 Å². The number of nitrogens with zero attached hydrogens (tertiary/aromatic N) is 2. The first-order valence-electron chi connectivity index (χ1n) is 18.5. The van der Waals surface area contributed by atoms with Crippen molar-refractivity contribution in [1.29, 1.82) is 0 Å². The van der Waals surface area contributed by atoms with Crippen LogP contribution in [0.1, 0.15) is 109 Å². The summed E-state index contributed by atoms with van der Waals surface area (Å²) in [5, 5.41) is 13.1. The van der Waals surface area contributed by atoms with Crippen LogP contribution in [0.5, 0.6) is 5.75 Å². The predicted molar refractivity (Wildman–Crippen MR) is 193 cm³/mol. The van der Waals surface area contributed by atoms with Crippen molar-refractivity contribution in [2.24, 2.45) is 22.4 Å². The van der Waals surface area contributed by atoms with Crippen LogP contribution >= 0.6 is 11.6 Å². The van der Waals surface area contributed by atoms with Gasteiger partial charge in [0.05, 0.1) is 29.9 Å². The van der Waals surface area contributed by atoms with Crippen molar-refractivity contribution in [3.05, 3.63) is 28.3 Å². The number of carbonyl (C=O) groups is 5. The number of oxime groups is 1. The molecule has 0 unspecified atom stereocenters. The lowest BCUT2D eigenvalue weighted by molar-refractivity contribution is -0.145. The number of halogens is 1. The molecule has 51 heavy (non-hydrogen) atoms. The van der Waals surface area contributed by atoms with Gasteiger partial charge in [0.1, 0.15) is 17.8 Å². The van der Waals surface area contributed by atoms with Crippen LogP contribution in [-0.4, -0.2) is 83.9 Å². The summed E-state index contributed by atoms with van der Waals surface area (Å²) in [5.74, 6) is -1.55. The molecule has 1 aromatic rings. The molecule has 1 aromatic carbocycles. The normalized spacial score (nSPS) is 23.2. The van der Waals surface area contributed by atoms with E-state index in [1.165, 1.54) is 18.4 Å². The molecule has 13 heteroatoms. The number of hydrogen-bond donors (Lipinski definition) is 3. The number of benzene rings is 1. The van der Waals surface area contributed by atoms with E-state index in [4.69, 9.17) is 21.2 Å². The smallest absolute Gasteiger partial charge is 0.289 e. The highest BCUT2D eigenvalue weighted by atomic mass is 35.5. The molecule has 2 aliphatic heterocycles. The van der Waals surface area contributed by atoms with Crippen molar-refractivity contribution < 1.29 is 33.5 Å². The maximum Gasteiger partial charge on any atom is 0.289 e. The Morgan fingerprint density at radius 2 is 1.76 bits per heavy atom. The van der Waals surface area contributed by atoms with Gasteiger partial charge in [0.2, 0.25) is 23.5 Å². The number of ether oxygens (including phenoxy) is 1. The minimum atomic E-state index is -1.04. The van der Waals surface area contributed by atoms with Gasteiger partial charge < -0.3 is 30.4 Å². The predicted octanol–water partition coefficient (Wildman–Crippen LogP) is 4.61. The lowest BCUT2D eigenvalue weighted by atomic mass is 9.84. The Balaban J connectivity index is 1.41. The van der Waals surface area contributed by atoms with E-state index >= 15 is 0 Å². The van der Waals surface area contributed by atoms with Crippen LogP contribution in [0.2, 0.25) is 5.02 Å². The molecule has 5 rings (SSSR count). The number of hydrogen-bond acceptors (Lipinski definition) is 8. The molecule has 2 heterocycles. The number of ketones is 1. The molecule has 2 saturated carbocycles. The molecular weight excluding hydrogens is 674 g/mol. The Morgan fingerprint density at radius 1 is 1.06 bits per heavy atom. The molecule has 4 atom stereocenters. The SMILES string of the molecule is CCOc1c(C)cc(C2=NO[C@]3(C2)C[C@@H](C(=O)N[C@@H](CC2CC2)C(=O)C(=O)NC)N(C(=O)[C@@H](NC(=O)CC2CCCCC2)C(C)(C)C)C3)cc1Cl. The summed E-state index contributed by atoms with van der Waals surface area (Å²) in [6.07, 6.45) is 8.28. The molecule has 0 aromatic heterocycles. The maximum absolute atomic E-state index is 14.7. The molecule has 0 bridgehead atoms. The van der Waals surface area contributed by atoms with E-state index in [-0.39, 0.29) is 30.7 Å². The van der Waals surface area contributed by atoms with Crippen LogP contribution in [0.4, 0.5) is 0 Å². The summed E-state index contributed by atoms with van der Waals surface area (Å²) in [4.78, 5) is 75.3. The first-order valence-corrected chi connectivity index (χ1v) is 18.9. The molecular formula is C38H54ClN5O7. The van der Waals surface area contributed by atoms with Crippen LogP contribution in [0.15, 0.2) is 17.3 Å². The standard InChI is InChI=1S/C38H54ClN5O7/c1-7-50-32-22(2)15-25(18-26(32)39)28-19-38(51-43-28)20-29(34(47)41-27(16-24-13-14-24)31(46)35(48)40-6)44(21-38)36(49)33(37(3,4)5)42-30(45)17-23-11-9-8-10-12-23/h15,18,23-24,27,29,33H,7-14,16-17,19-21H2,1-6H3,(H,40,48)(H,41,47)(H,42,45)/t27-,29-,33+,38+/m0/s1. The molecule has 0 radical (unpaired) electrons. The van der Waals surface area contributed by atoms with Gasteiger partial charge in [-0.15, -0.1) is 0 Å². The molecule has 1 spiro atoms. The minimum Gasteiger partial charge on any atom is -0.492 e. The fourth-order valence-electron chi connectivity index (χ4n) is 7.66. The number of Topliss-reactive ketones (excluding diaryl/α,β-unsaturated/α-hetero) is 1. The zero-order valence-electron chi connectivity index (χ0n) is 30.9. The van der Waals surface area contributed by atoms with Gasteiger partial charge in [-0.25, -0.2) is 0 Å². The van der Waals surface area contributed by atoms with Gasteiger partial charge in [-0.2, -0.15) is 0 Å². The number of amides is 4. The molecule has 1 saturated heterocycles. The van der Waals surface area contributed by atoms with Gasteiger partial charge in [0, 0.05) is 31.9 Å². The van der Waals surface area contributed by atoms with E-state index in [0.29, 0.717) is 42.4 Å².